The Balaban J connectivity index is 1.82. The van der Waals surface area contributed by atoms with Gasteiger partial charge in [-0.3, -0.25) is 0 Å². The molecule has 3 nitrogen and oxygen atoms in total. The van der Waals surface area contributed by atoms with Crippen molar-refractivity contribution in [2.45, 2.75) is 26.3 Å². The maximum absolute atomic E-state index is 5.90. The fourth-order valence-electron chi connectivity index (χ4n) is 2.25. The van der Waals surface area contributed by atoms with Crippen LogP contribution in [0.15, 0.2) is 18.2 Å². The summed E-state index contributed by atoms with van der Waals surface area (Å²) < 4.78 is 5.40. The van der Waals surface area contributed by atoms with Crippen LogP contribution >= 0.6 is 11.6 Å². The van der Waals surface area contributed by atoms with Crippen LogP contribution in [0.4, 0.5) is 5.69 Å². The summed E-state index contributed by atoms with van der Waals surface area (Å²) in [5.74, 6) is 0. The number of rotatable bonds is 4. The lowest BCUT2D eigenvalue weighted by Gasteiger charge is -2.33. The predicted octanol–water partition coefficient (Wildman–Crippen LogP) is 2.83. The van der Waals surface area contributed by atoms with Crippen molar-refractivity contribution >= 4 is 17.3 Å². The van der Waals surface area contributed by atoms with Crippen LogP contribution in [0.2, 0.25) is 5.02 Å². The van der Waals surface area contributed by atoms with Gasteiger partial charge in [-0.1, -0.05) is 24.6 Å². The van der Waals surface area contributed by atoms with Crippen molar-refractivity contribution in [2.75, 3.05) is 25.5 Å². The molecule has 1 aromatic rings. The average Bonchev–Trinajstić information content (AvgIpc) is 2.34. The fourth-order valence-corrected chi connectivity index (χ4v) is 2.37. The number of halogens is 1. The van der Waals surface area contributed by atoms with Gasteiger partial charge in [0.2, 0.25) is 0 Å². The highest BCUT2D eigenvalue weighted by atomic mass is 35.5. The van der Waals surface area contributed by atoms with E-state index in [0.717, 1.165) is 39.1 Å². The van der Waals surface area contributed by atoms with E-state index in [4.69, 9.17) is 22.1 Å². The SMILES string of the molecule is CC1(CNCc2ccc(Cl)c(N)c2)CCOCC1. The molecule has 2 rings (SSSR count). The molecule has 0 spiro atoms. The smallest absolute Gasteiger partial charge is 0.0635 e. The Morgan fingerprint density at radius 2 is 2.11 bits per heavy atom. The van der Waals surface area contributed by atoms with Crippen molar-refractivity contribution in [1.82, 2.24) is 5.32 Å². The van der Waals surface area contributed by atoms with E-state index in [-0.39, 0.29) is 0 Å². The molecule has 0 radical (unpaired) electrons. The summed E-state index contributed by atoms with van der Waals surface area (Å²) in [6.07, 6.45) is 2.26. The van der Waals surface area contributed by atoms with Crippen LogP contribution in [0.3, 0.4) is 0 Å². The van der Waals surface area contributed by atoms with Crippen LogP contribution < -0.4 is 11.1 Å². The third-order valence-corrected chi connectivity index (χ3v) is 3.99. The molecule has 18 heavy (non-hydrogen) atoms. The predicted molar refractivity (Wildman–Crippen MR) is 75.7 cm³/mol. The molecule has 1 saturated heterocycles. The molecule has 0 atom stereocenters. The first-order chi connectivity index (χ1) is 8.59. The first kappa shape index (κ1) is 13.7. The fraction of sp³-hybridized carbons (Fsp3) is 0.571. The van der Waals surface area contributed by atoms with Crippen LogP contribution in [-0.2, 0) is 11.3 Å². The highest BCUT2D eigenvalue weighted by Gasteiger charge is 2.26. The van der Waals surface area contributed by atoms with Gasteiger partial charge < -0.3 is 15.8 Å². The Kier molecular flexibility index (Phi) is 4.49. The van der Waals surface area contributed by atoms with E-state index < -0.39 is 0 Å². The molecule has 1 aliphatic rings. The zero-order valence-electron chi connectivity index (χ0n) is 10.8. The number of nitrogen functional groups attached to an aromatic ring is 1. The first-order valence-electron chi connectivity index (χ1n) is 6.41. The lowest BCUT2D eigenvalue weighted by Crippen LogP contribution is -2.36. The lowest BCUT2D eigenvalue weighted by molar-refractivity contribution is 0.0240. The Bertz CT molecular complexity index is 403. The number of nitrogens with two attached hydrogens (primary N) is 1. The van der Waals surface area contributed by atoms with E-state index in [0.29, 0.717) is 16.1 Å². The summed E-state index contributed by atoms with van der Waals surface area (Å²) >= 11 is 5.90. The molecule has 0 unspecified atom stereocenters. The van der Waals surface area contributed by atoms with E-state index in [1.54, 1.807) is 0 Å². The zero-order chi connectivity index (χ0) is 13.0. The summed E-state index contributed by atoms with van der Waals surface area (Å²) in [4.78, 5) is 0. The Morgan fingerprint density at radius 3 is 2.78 bits per heavy atom. The standard InChI is InChI=1S/C14H21ClN2O/c1-14(4-6-18-7-5-14)10-17-9-11-2-3-12(15)13(16)8-11/h2-3,8,17H,4-7,9-10,16H2,1H3. The van der Waals surface area contributed by atoms with Crippen molar-refractivity contribution in [1.29, 1.82) is 0 Å². The number of hydrogen-bond acceptors (Lipinski definition) is 3. The third-order valence-electron chi connectivity index (χ3n) is 3.64. The Labute approximate surface area is 114 Å². The van der Waals surface area contributed by atoms with E-state index >= 15 is 0 Å². The van der Waals surface area contributed by atoms with E-state index in [9.17, 15) is 0 Å². The van der Waals surface area contributed by atoms with Crippen LogP contribution in [-0.4, -0.2) is 19.8 Å². The molecule has 0 amide bonds. The van der Waals surface area contributed by atoms with Gasteiger partial charge in [0, 0.05) is 26.3 Å². The molecule has 100 valence electrons. The first-order valence-corrected chi connectivity index (χ1v) is 6.79. The summed E-state index contributed by atoms with van der Waals surface area (Å²) in [7, 11) is 0. The minimum Gasteiger partial charge on any atom is -0.398 e. The molecule has 4 heteroatoms. The second-order valence-corrected chi connectivity index (χ2v) is 5.79. The number of anilines is 1. The van der Waals surface area contributed by atoms with Crippen molar-refractivity contribution in [3.05, 3.63) is 28.8 Å². The quantitative estimate of drug-likeness (QED) is 0.826. The van der Waals surface area contributed by atoms with Crippen LogP contribution in [0.1, 0.15) is 25.3 Å². The van der Waals surface area contributed by atoms with Gasteiger partial charge in [-0.15, -0.1) is 0 Å². The highest BCUT2D eigenvalue weighted by Crippen LogP contribution is 2.28. The van der Waals surface area contributed by atoms with Gasteiger partial charge in [0.05, 0.1) is 10.7 Å². The van der Waals surface area contributed by atoms with Crippen LogP contribution in [0, 0.1) is 5.41 Å². The molecular weight excluding hydrogens is 248 g/mol. The minimum absolute atomic E-state index is 0.357. The van der Waals surface area contributed by atoms with Gasteiger partial charge in [-0.2, -0.15) is 0 Å². The molecular formula is C14H21ClN2O. The maximum atomic E-state index is 5.90. The molecule has 0 aromatic heterocycles. The van der Waals surface area contributed by atoms with Gasteiger partial charge in [0.25, 0.3) is 0 Å². The lowest BCUT2D eigenvalue weighted by atomic mass is 9.82. The van der Waals surface area contributed by atoms with Crippen molar-refractivity contribution < 1.29 is 4.74 Å². The number of nitrogens with one attached hydrogen (secondary N) is 1. The largest absolute Gasteiger partial charge is 0.398 e. The van der Waals surface area contributed by atoms with E-state index in [2.05, 4.69) is 12.2 Å². The minimum atomic E-state index is 0.357. The van der Waals surface area contributed by atoms with Gasteiger partial charge in [-0.25, -0.2) is 0 Å². The topological polar surface area (TPSA) is 47.3 Å². The molecule has 1 heterocycles. The summed E-state index contributed by atoms with van der Waals surface area (Å²) in [5, 5.41) is 4.12. The number of hydrogen-bond donors (Lipinski definition) is 2. The normalized spacial score (nSPS) is 18.8. The van der Waals surface area contributed by atoms with Gasteiger partial charge >= 0.3 is 0 Å². The second-order valence-electron chi connectivity index (χ2n) is 5.38. The van der Waals surface area contributed by atoms with Gasteiger partial charge in [-0.05, 0) is 36.0 Å². The monoisotopic (exact) mass is 268 g/mol. The van der Waals surface area contributed by atoms with Crippen LogP contribution in [0.25, 0.3) is 0 Å². The number of benzene rings is 1. The average molecular weight is 269 g/mol. The summed E-state index contributed by atoms with van der Waals surface area (Å²) in [5.41, 5.74) is 7.96. The summed E-state index contributed by atoms with van der Waals surface area (Å²) in [6, 6.07) is 5.80. The molecule has 0 saturated carbocycles. The van der Waals surface area contributed by atoms with E-state index in [1.165, 1.54) is 5.56 Å². The van der Waals surface area contributed by atoms with Gasteiger partial charge in [0.1, 0.15) is 0 Å². The van der Waals surface area contributed by atoms with Crippen molar-refractivity contribution in [3.8, 4) is 0 Å². The molecule has 0 aliphatic carbocycles. The van der Waals surface area contributed by atoms with E-state index in [1.807, 2.05) is 18.2 Å². The Morgan fingerprint density at radius 1 is 1.39 bits per heavy atom. The molecule has 1 fully saturated rings. The van der Waals surface area contributed by atoms with Gasteiger partial charge in [0.15, 0.2) is 0 Å². The highest BCUT2D eigenvalue weighted by molar-refractivity contribution is 6.33. The third kappa shape index (κ3) is 3.61. The molecule has 3 N–H and O–H groups in total. The van der Waals surface area contributed by atoms with Crippen molar-refractivity contribution in [2.24, 2.45) is 5.41 Å². The Hall–Kier alpha value is -0.770. The number of ether oxygens (including phenoxy) is 1. The molecule has 1 aliphatic heterocycles. The second kappa shape index (κ2) is 5.91. The summed E-state index contributed by atoms with van der Waals surface area (Å²) in [6.45, 7) is 5.92. The van der Waals surface area contributed by atoms with Crippen LogP contribution in [0.5, 0.6) is 0 Å². The van der Waals surface area contributed by atoms with Crippen molar-refractivity contribution in [3.63, 3.8) is 0 Å². The maximum Gasteiger partial charge on any atom is 0.0635 e. The molecule has 1 aromatic carbocycles. The molecule has 0 bridgehead atoms. The zero-order valence-corrected chi connectivity index (χ0v) is 11.6.